The molecule has 1 unspecified atom stereocenters. The Morgan fingerprint density at radius 1 is 1.07 bits per heavy atom. The van der Waals surface area contributed by atoms with Crippen LogP contribution in [0.3, 0.4) is 0 Å². The van der Waals surface area contributed by atoms with E-state index < -0.39 is 0 Å². The number of hydrogen-bond acceptors (Lipinski definition) is 5. The van der Waals surface area contributed by atoms with E-state index in [1.54, 1.807) is 65.7 Å². The van der Waals surface area contributed by atoms with E-state index in [2.05, 4.69) is 20.6 Å². The summed E-state index contributed by atoms with van der Waals surface area (Å²) in [6.07, 6.45) is 3.96. The molecule has 1 fully saturated rings. The van der Waals surface area contributed by atoms with Crippen molar-refractivity contribution < 1.29 is 9.59 Å². The molecule has 1 atom stereocenters. The molecule has 30 heavy (non-hydrogen) atoms. The van der Waals surface area contributed by atoms with E-state index in [-0.39, 0.29) is 17.9 Å². The second-order valence-corrected chi connectivity index (χ2v) is 7.43. The summed E-state index contributed by atoms with van der Waals surface area (Å²) in [5.41, 5.74) is 1.52. The van der Waals surface area contributed by atoms with Crippen molar-refractivity contribution in [3.05, 3.63) is 83.3 Å². The van der Waals surface area contributed by atoms with Crippen LogP contribution in [0.25, 0.3) is 0 Å². The zero-order valence-electron chi connectivity index (χ0n) is 16.1. The number of amides is 2. The molecule has 4 rings (SSSR count). The van der Waals surface area contributed by atoms with Crippen LogP contribution in [0.2, 0.25) is 5.02 Å². The number of carbonyl (C=O) groups excluding carboxylic acids is 2. The minimum atomic E-state index is -0.260. The first-order chi connectivity index (χ1) is 14.6. The number of halogens is 1. The van der Waals surface area contributed by atoms with E-state index >= 15 is 0 Å². The molecule has 0 saturated carbocycles. The van der Waals surface area contributed by atoms with Crippen molar-refractivity contribution in [2.24, 2.45) is 0 Å². The monoisotopic (exact) mass is 421 g/mol. The first-order valence-corrected chi connectivity index (χ1v) is 9.96. The first kappa shape index (κ1) is 19.8. The van der Waals surface area contributed by atoms with Gasteiger partial charge >= 0.3 is 0 Å². The number of hydrogen-bond donors (Lipinski definition) is 2. The molecule has 152 valence electrons. The third kappa shape index (κ3) is 4.75. The number of benzene rings is 1. The quantitative estimate of drug-likeness (QED) is 0.655. The minimum absolute atomic E-state index is 0.0686. The summed E-state index contributed by atoms with van der Waals surface area (Å²) < 4.78 is 0. The lowest BCUT2D eigenvalue weighted by atomic mass is 10.2. The summed E-state index contributed by atoms with van der Waals surface area (Å²) in [5.74, 6) is 0.330. The third-order valence-electron chi connectivity index (χ3n) is 4.82. The fourth-order valence-electron chi connectivity index (χ4n) is 3.31. The van der Waals surface area contributed by atoms with Gasteiger partial charge in [-0.1, -0.05) is 23.7 Å². The number of nitrogens with zero attached hydrogens (tertiary/aromatic N) is 3. The van der Waals surface area contributed by atoms with Gasteiger partial charge in [-0.15, -0.1) is 0 Å². The maximum Gasteiger partial charge on any atom is 0.272 e. The molecule has 3 aromatic rings. The molecule has 1 saturated heterocycles. The number of likely N-dealkylation sites (tertiary alicyclic amines) is 1. The van der Waals surface area contributed by atoms with Gasteiger partial charge < -0.3 is 15.5 Å². The third-order valence-corrected chi connectivity index (χ3v) is 5.05. The number of carbonyl (C=O) groups is 2. The number of pyridine rings is 2. The Hall–Kier alpha value is -3.45. The zero-order chi connectivity index (χ0) is 20.9. The van der Waals surface area contributed by atoms with Gasteiger partial charge in [0.15, 0.2) is 0 Å². The van der Waals surface area contributed by atoms with Gasteiger partial charge in [-0.05, 0) is 48.9 Å². The maximum atomic E-state index is 12.5. The second-order valence-electron chi connectivity index (χ2n) is 6.99. The van der Waals surface area contributed by atoms with Gasteiger partial charge in [0.1, 0.15) is 11.5 Å². The lowest BCUT2D eigenvalue weighted by Crippen LogP contribution is -2.32. The smallest absolute Gasteiger partial charge is 0.272 e. The van der Waals surface area contributed by atoms with Crippen molar-refractivity contribution in [3.8, 4) is 0 Å². The van der Waals surface area contributed by atoms with Crippen LogP contribution >= 0.6 is 11.6 Å². The normalized spacial score (nSPS) is 15.6. The van der Waals surface area contributed by atoms with E-state index in [4.69, 9.17) is 11.6 Å². The van der Waals surface area contributed by atoms with Gasteiger partial charge in [-0.3, -0.25) is 14.6 Å². The highest BCUT2D eigenvalue weighted by molar-refractivity contribution is 6.31. The maximum absolute atomic E-state index is 12.5. The van der Waals surface area contributed by atoms with Crippen LogP contribution in [0, 0.1) is 0 Å². The molecule has 2 amide bonds. The van der Waals surface area contributed by atoms with Crippen LogP contribution < -0.4 is 10.6 Å². The molecule has 0 aliphatic carbocycles. The predicted molar refractivity (Wildman–Crippen MR) is 116 cm³/mol. The van der Waals surface area contributed by atoms with E-state index in [9.17, 15) is 9.59 Å². The van der Waals surface area contributed by atoms with Crippen molar-refractivity contribution in [3.63, 3.8) is 0 Å². The summed E-state index contributed by atoms with van der Waals surface area (Å²) in [6.45, 7) is 1.24. The fourth-order valence-corrected chi connectivity index (χ4v) is 3.50. The second kappa shape index (κ2) is 8.92. The summed E-state index contributed by atoms with van der Waals surface area (Å²) in [6, 6.07) is 15.8. The fraction of sp³-hybridized carbons (Fsp3) is 0.182. The lowest BCUT2D eigenvalue weighted by molar-refractivity contribution is 0.0785. The van der Waals surface area contributed by atoms with E-state index in [0.29, 0.717) is 40.9 Å². The van der Waals surface area contributed by atoms with Crippen LogP contribution in [-0.4, -0.2) is 45.8 Å². The van der Waals surface area contributed by atoms with Crippen molar-refractivity contribution in [1.29, 1.82) is 0 Å². The molecular weight excluding hydrogens is 402 g/mol. The van der Waals surface area contributed by atoms with Gasteiger partial charge in [0, 0.05) is 42.2 Å². The molecule has 0 spiro atoms. The average Bonchev–Trinajstić information content (AvgIpc) is 3.23. The van der Waals surface area contributed by atoms with E-state index in [1.807, 2.05) is 0 Å². The highest BCUT2D eigenvalue weighted by Gasteiger charge is 2.27. The van der Waals surface area contributed by atoms with Gasteiger partial charge in [0.25, 0.3) is 11.8 Å². The van der Waals surface area contributed by atoms with E-state index in [0.717, 1.165) is 6.42 Å². The molecule has 1 aliphatic heterocycles. The number of aromatic nitrogens is 2. The Bertz CT molecular complexity index is 1040. The SMILES string of the molecule is O=C(Nc1cccc(Cl)c1)c1ccc(NC2CCN(C(=O)c3ccccn3)C2)nc1. The molecule has 0 radical (unpaired) electrons. The first-order valence-electron chi connectivity index (χ1n) is 9.58. The number of nitrogens with one attached hydrogen (secondary N) is 2. The Balaban J connectivity index is 1.33. The van der Waals surface area contributed by atoms with Gasteiger partial charge in [-0.25, -0.2) is 4.98 Å². The molecule has 1 aromatic carbocycles. The van der Waals surface area contributed by atoms with Gasteiger partial charge in [0.2, 0.25) is 0 Å². The summed E-state index contributed by atoms with van der Waals surface area (Å²) in [5, 5.41) is 6.67. The Morgan fingerprint density at radius 2 is 1.97 bits per heavy atom. The average molecular weight is 422 g/mol. The predicted octanol–water partition coefficient (Wildman–Crippen LogP) is 3.71. The molecule has 1 aliphatic rings. The van der Waals surface area contributed by atoms with Gasteiger partial charge in [0.05, 0.1) is 5.56 Å². The highest BCUT2D eigenvalue weighted by Crippen LogP contribution is 2.18. The summed E-state index contributed by atoms with van der Waals surface area (Å²) in [7, 11) is 0. The molecule has 7 nitrogen and oxygen atoms in total. The lowest BCUT2D eigenvalue weighted by Gasteiger charge is -2.17. The summed E-state index contributed by atoms with van der Waals surface area (Å²) in [4.78, 5) is 35.1. The molecule has 8 heteroatoms. The Labute approximate surface area is 179 Å². The molecule has 2 N–H and O–H groups in total. The van der Waals surface area contributed by atoms with Crippen molar-refractivity contribution >= 4 is 34.9 Å². The van der Waals surface area contributed by atoms with Crippen molar-refractivity contribution in [2.75, 3.05) is 23.7 Å². The van der Waals surface area contributed by atoms with Gasteiger partial charge in [-0.2, -0.15) is 0 Å². The van der Waals surface area contributed by atoms with Crippen LogP contribution in [0.15, 0.2) is 67.0 Å². The standard InChI is InChI=1S/C22H20ClN5O2/c23-16-4-3-5-17(12-16)27-21(29)15-7-8-20(25-13-15)26-18-9-11-28(14-18)22(30)19-6-1-2-10-24-19/h1-8,10,12-13,18H,9,11,14H2,(H,25,26)(H,27,29). The number of rotatable bonds is 5. The molecule has 3 heterocycles. The topological polar surface area (TPSA) is 87.2 Å². The van der Waals surface area contributed by atoms with Crippen LogP contribution in [-0.2, 0) is 0 Å². The van der Waals surface area contributed by atoms with Crippen LogP contribution in [0.1, 0.15) is 27.3 Å². The minimum Gasteiger partial charge on any atom is -0.365 e. The largest absolute Gasteiger partial charge is 0.365 e. The molecule has 0 bridgehead atoms. The van der Waals surface area contributed by atoms with Crippen LogP contribution in [0.5, 0.6) is 0 Å². The molecule has 2 aromatic heterocycles. The zero-order valence-corrected chi connectivity index (χ0v) is 16.8. The molecular formula is C22H20ClN5O2. The Kier molecular flexibility index (Phi) is 5.90. The Morgan fingerprint density at radius 3 is 2.70 bits per heavy atom. The van der Waals surface area contributed by atoms with Crippen molar-refractivity contribution in [1.82, 2.24) is 14.9 Å². The van der Waals surface area contributed by atoms with Crippen LogP contribution in [0.4, 0.5) is 11.5 Å². The highest BCUT2D eigenvalue weighted by atomic mass is 35.5. The number of anilines is 2. The van der Waals surface area contributed by atoms with Crippen molar-refractivity contribution in [2.45, 2.75) is 12.5 Å². The van der Waals surface area contributed by atoms with E-state index in [1.165, 1.54) is 6.20 Å². The summed E-state index contributed by atoms with van der Waals surface area (Å²) >= 11 is 5.94.